The lowest BCUT2D eigenvalue weighted by molar-refractivity contribution is -0.156. The Morgan fingerprint density at radius 2 is 1.95 bits per heavy atom. The zero-order chi connectivity index (χ0) is 42.2. The first-order valence-corrected chi connectivity index (χ1v) is 21.6. The van der Waals surface area contributed by atoms with Crippen molar-refractivity contribution in [3.8, 4) is 22.5 Å². The van der Waals surface area contributed by atoms with Gasteiger partial charge in [-0.1, -0.05) is 33.8 Å². The summed E-state index contributed by atoms with van der Waals surface area (Å²) in [5, 5.41) is 8.15. The number of nitrogens with one attached hydrogen (secondary N) is 2. The van der Waals surface area contributed by atoms with E-state index >= 15 is 0 Å². The molecular formula is C44H57N7O7S. The number of carbonyl (C=O) groups is 4. The number of fused-ring (bicyclic) bond motifs is 6. The number of benzene rings is 1. The van der Waals surface area contributed by atoms with Gasteiger partial charge in [0, 0.05) is 72.7 Å². The summed E-state index contributed by atoms with van der Waals surface area (Å²) >= 11 is 1.42. The van der Waals surface area contributed by atoms with Crippen LogP contribution in [-0.4, -0.2) is 107 Å². The number of esters is 1. The van der Waals surface area contributed by atoms with Gasteiger partial charge >= 0.3 is 5.97 Å². The summed E-state index contributed by atoms with van der Waals surface area (Å²) in [6.07, 6.45) is 3.30. The van der Waals surface area contributed by atoms with Crippen LogP contribution in [0, 0.1) is 17.3 Å². The van der Waals surface area contributed by atoms with E-state index in [1.165, 1.54) is 21.2 Å². The lowest BCUT2D eigenvalue weighted by Crippen LogP contribution is -2.62. The highest BCUT2D eigenvalue weighted by Gasteiger charge is 2.40. The highest BCUT2D eigenvalue weighted by Crippen LogP contribution is 2.42. The summed E-state index contributed by atoms with van der Waals surface area (Å²) in [4.78, 5) is 67.0. The second-order valence-corrected chi connectivity index (χ2v) is 18.1. The molecule has 3 aromatic heterocycles. The van der Waals surface area contributed by atoms with Crippen LogP contribution in [0.1, 0.15) is 76.8 Å². The van der Waals surface area contributed by atoms with Crippen LogP contribution in [0.3, 0.4) is 0 Å². The molecule has 4 atom stereocenters. The Kier molecular flexibility index (Phi) is 12.6. The van der Waals surface area contributed by atoms with Gasteiger partial charge < -0.3 is 29.0 Å². The van der Waals surface area contributed by atoms with Gasteiger partial charge in [0.05, 0.1) is 53.9 Å². The van der Waals surface area contributed by atoms with Crippen LogP contribution in [0.25, 0.3) is 33.4 Å². The smallest absolute Gasteiger partial charge is 0.324 e. The van der Waals surface area contributed by atoms with Gasteiger partial charge in [-0.25, -0.2) is 10.4 Å². The number of hydrogen-bond acceptors (Lipinski definition) is 11. The van der Waals surface area contributed by atoms with Gasteiger partial charge in [0.1, 0.15) is 18.1 Å². The van der Waals surface area contributed by atoms with Gasteiger partial charge in [0.15, 0.2) is 0 Å². The van der Waals surface area contributed by atoms with Crippen molar-refractivity contribution in [3.05, 3.63) is 58.2 Å². The van der Waals surface area contributed by atoms with E-state index in [4.69, 9.17) is 24.2 Å². The summed E-state index contributed by atoms with van der Waals surface area (Å²) in [5.74, 6) is -1.97. The number of aryl methyl sites for hydroxylation is 1. The fourth-order valence-electron chi connectivity index (χ4n) is 8.55. The molecule has 6 heterocycles. The second kappa shape index (κ2) is 17.5. The van der Waals surface area contributed by atoms with Crippen LogP contribution >= 0.6 is 11.3 Å². The van der Waals surface area contributed by atoms with Crippen molar-refractivity contribution in [2.75, 3.05) is 40.5 Å². The molecule has 59 heavy (non-hydrogen) atoms. The number of likely N-dealkylation sites (N-methyl/N-ethyl adjacent to an activating group) is 1. The number of thiazole rings is 1. The topological polar surface area (TPSA) is 157 Å². The summed E-state index contributed by atoms with van der Waals surface area (Å²) in [7, 11) is 3.32. The zero-order valence-electron chi connectivity index (χ0n) is 35.4. The van der Waals surface area contributed by atoms with Crippen molar-refractivity contribution in [1.29, 1.82) is 0 Å². The Bertz CT molecular complexity index is 2210. The maximum Gasteiger partial charge on any atom is 0.324 e. The minimum atomic E-state index is -1.03. The van der Waals surface area contributed by atoms with Crippen molar-refractivity contribution in [3.63, 3.8) is 0 Å². The third-order valence-electron chi connectivity index (χ3n) is 11.8. The number of aromatic nitrogens is 3. The molecule has 6 bridgehead atoms. The van der Waals surface area contributed by atoms with E-state index < -0.39 is 41.3 Å². The van der Waals surface area contributed by atoms with Crippen LogP contribution in [0.2, 0.25) is 0 Å². The number of pyridine rings is 1. The predicted molar refractivity (Wildman–Crippen MR) is 225 cm³/mol. The van der Waals surface area contributed by atoms with Crippen LogP contribution in [0.15, 0.2) is 41.9 Å². The molecule has 316 valence electrons. The Hall–Kier alpha value is -4.70. The Morgan fingerprint density at radius 3 is 2.64 bits per heavy atom. The van der Waals surface area contributed by atoms with Crippen molar-refractivity contribution >= 4 is 45.9 Å². The first-order valence-electron chi connectivity index (χ1n) is 20.7. The summed E-state index contributed by atoms with van der Waals surface area (Å²) in [5.41, 5.74) is 9.37. The monoisotopic (exact) mass is 827 g/mol. The van der Waals surface area contributed by atoms with E-state index in [1.807, 2.05) is 32.2 Å². The van der Waals surface area contributed by atoms with Crippen molar-refractivity contribution < 1.29 is 33.4 Å². The number of hydrogen-bond donors (Lipinski definition) is 2. The van der Waals surface area contributed by atoms with Crippen molar-refractivity contribution in [2.45, 2.75) is 98.0 Å². The fraction of sp³-hybridized carbons (Fsp3) is 0.545. The number of nitrogens with zero attached hydrogens (tertiary/aromatic N) is 5. The highest BCUT2D eigenvalue weighted by molar-refractivity contribution is 7.10. The number of cyclic esters (lactones) is 1. The SMILES string of the molecule is CCn1c(-c2cccnc2[C@H](C)OC)c2c3cc(ccc31)-c1csc(n1)C[C@H](NC(=O)[C@H](C(C)C)N(C)C(=O)C1COC1)C(=O)N1CCC[C@H](N1)C(=O)OCC(C)(C)C2. The van der Waals surface area contributed by atoms with E-state index in [0.717, 1.165) is 44.7 Å². The average Bonchev–Trinajstić information content (AvgIpc) is 3.79. The third-order valence-corrected chi connectivity index (χ3v) is 12.7. The molecule has 15 heteroatoms. The van der Waals surface area contributed by atoms with Gasteiger partial charge in [0.25, 0.3) is 5.91 Å². The van der Waals surface area contributed by atoms with E-state index in [2.05, 4.69) is 60.3 Å². The standard InChI is InChI=1S/C44H57N7O7S/c1-9-50-35-15-14-27-18-30(35)31(39(50)29-12-10-16-45-37(29)26(4)56-8)20-44(5,6)24-58-43(55)32-13-11-17-51(48-32)42(54)33(19-36-46-34(27)23-59-36)47-40(52)38(25(2)3)49(7)41(53)28-21-57-22-28/h10,12,14-16,18,23,25-26,28,32-33,38,48H,9,11,13,17,19-22,24H2,1-8H3,(H,47,52)/t26-,32-,33-,38-/m0/s1. The van der Waals surface area contributed by atoms with Gasteiger partial charge in [-0.05, 0) is 68.9 Å². The van der Waals surface area contributed by atoms with Crippen molar-refractivity contribution in [2.24, 2.45) is 17.3 Å². The molecule has 0 radical (unpaired) electrons. The molecule has 3 amide bonds. The minimum Gasteiger partial charge on any atom is -0.464 e. The average molecular weight is 828 g/mol. The van der Waals surface area contributed by atoms with Crippen LogP contribution in [0.5, 0.6) is 0 Å². The molecule has 2 fully saturated rings. The third kappa shape index (κ3) is 8.66. The number of amides is 3. The highest BCUT2D eigenvalue weighted by atomic mass is 32.1. The number of ether oxygens (including phenoxy) is 3. The number of carbonyl (C=O) groups excluding carboxylic acids is 4. The predicted octanol–water partition coefficient (Wildman–Crippen LogP) is 5.33. The van der Waals surface area contributed by atoms with Gasteiger partial charge in [-0.15, -0.1) is 11.3 Å². The molecule has 2 saturated heterocycles. The molecule has 2 N–H and O–H groups in total. The number of methoxy groups -OCH3 is 1. The lowest BCUT2D eigenvalue weighted by Gasteiger charge is -2.37. The molecule has 3 aliphatic heterocycles. The van der Waals surface area contributed by atoms with E-state index in [1.54, 1.807) is 20.4 Å². The fourth-order valence-corrected chi connectivity index (χ4v) is 9.40. The quantitative estimate of drug-likeness (QED) is 0.212. The van der Waals surface area contributed by atoms with Gasteiger partial charge in [0.2, 0.25) is 11.8 Å². The molecule has 3 aliphatic rings. The molecule has 0 saturated carbocycles. The molecule has 4 aromatic rings. The van der Waals surface area contributed by atoms with Gasteiger partial charge in [-0.3, -0.25) is 29.2 Å². The molecule has 0 unspecified atom stereocenters. The maximum absolute atomic E-state index is 14.4. The summed E-state index contributed by atoms with van der Waals surface area (Å²) in [6.45, 7) is 13.9. The molecule has 14 nitrogen and oxygen atoms in total. The molecule has 0 aliphatic carbocycles. The second-order valence-electron chi connectivity index (χ2n) is 17.1. The van der Waals surface area contributed by atoms with Crippen molar-refractivity contribution in [1.82, 2.24) is 35.2 Å². The number of rotatable bonds is 9. The van der Waals surface area contributed by atoms with E-state index in [9.17, 15) is 19.2 Å². The lowest BCUT2D eigenvalue weighted by atomic mass is 9.84. The maximum atomic E-state index is 14.4. The van der Waals surface area contributed by atoms with E-state index in [-0.39, 0.29) is 36.9 Å². The van der Waals surface area contributed by atoms with Crippen LogP contribution in [0.4, 0.5) is 0 Å². The Morgan fingerprint density at radius 1 is 1.17 bits per heavy atom. The molecule has 0 spiro atoms. The summed E-state index contributed by atoms with van der Waals surface area (Å²) < 4.78 is 19.4. The van der Waals surface area contributed by atoms with E-state index in [0.29, 0.717) is 50.6 Å². The summed E-state index contributed by atoms with van der Waals surface area (Å²) in [6, 6.07) is 7.83. The Balaban J connectivity index is 1.31. The minimum absolute atomic E-state index is 0.112. The zero-order valence-corrected chi connectivity index (χ0v) is 36.2. The van der Waals surface area contributed by atoms with Gasteiger partial charge in [-0.2, -0.15) is 0 Å². The molecule has 7 rings (SSSR count). The first kappa shape index (κ1) is 42.4. The largest absolute Gasteiger partial charge is 0.464 e. The van der Waals surface area contributed by atoms with Crippen LogP contribution in [-0.2, 0) is 52.8 Å². The Labute approximate surface area is 350 Å². The molecular weight excluding hydrogens is 771 g/mol. The first-order chi connectivity index (χ1) is 28.2. The normalized spacial score (nSPS) is 21.1. The van der Waals surface area contributed by atoms with Crippen LogP contribution < -0.4 is 10.7 Å². The number of hydrazine groups is 1. The molecule has 1 aromatic carbocycles.